The predicted molar refractivity (Wildman–Crippen MR) is 118 cm³/mol. The zero-order valence-electron chi connectivity index (χ0n) is 16.4. The molecule has 1 aliphatic rings. The molecule has 1 aliphatic heterocycles. The maximum Gasteiger partial charge on any atom is 0.250 e. The van der Waals surface area contributed by atoms with Gasteiger partial charge in [0.25, 0.3) is 0 Å². The summed E-state index contributed by atoms with van der Waals surface area (Å²) in [5, 5.41) is 7.06. The lowest BCUT2D eigenvalue weighted by Crippen LogP contribution is -2.40. The second-order valence-corrected chi connectivity index (χ2v) is 7.05. The van der Waals surface area contributed by atoms with E-state index in [1.807, 2.05) is 42.5 Å². The molecule has 1 unspecified atom stereocenters. The van der Waals surface area contributed by atoms with Gasteiger partial charge < -0.3 is 21.1 Å². The SMILES string of the molecule is NC(=O)c1cnc2c(c1)NCC(CNCCc1ccc(Cl)nc1)O2.c1ccccc1. The number of anilines is 1. The largest absolute Gasteiger partial charge is 0.470 e. The minimum Gasteiger partial charge on any atom is -0.470 e. The summed E-state index contributed by atoms with van der Waals surface area (Å²) in [6.45, 7) is 2.13. The van der Waals surface area contributed by atoms with E-state index in [4.69, 9.17) is 22.1 Å². The zero-order valence-corrected chi connectivity index (χ0v) is 17.2. The van der Waals surface area contributed by atoms with E-state index in [9.17, 15) is 4.79 Å². The number of halogens is 1. The van der Waals surface area contributed by atoms with Crippen molar-refractivity contribution in [1.29, 1.82) is 0 Å². The molecule has 4 N–H and O–H groups in total. The van der Waals surface area contributed by atoms with Crippen LogP contribution in [-0.4, -0.2) is 41.6 Å². The van der Waals surface area contributed by atoms with Crippen molar-refractivity contribution < 1.29 is 9.53 Å². The van der Waals surface area contributed by atoms with E-state index in [2.05, 4.69) is 20.6 Å². The third-order valence-corrected chi connectivity index (χ3v) is 4.58. The quantitative estimate of drug-likeness (QED) is 0.414. The molecule has 7 nitrogen and oxygen atoms in total. The molecule has 1 amide bonds. The number of benzene rings is 1. The van der Waals surface area contributed by atoms with Gasteiger partial charge in [-0.15, -0.1) is 0 Å². The molecule has 30 heavy (non-hydrogen) atoms. The van der Waals surface area contributed by atoms with Gasteiger partial charge in [-0.3, -0.25) is 4.79 Å². The van der Waals surface area contributed by atoms with Crippen LogP contribution in [0.25, 0.3) is 0 Å². The lowest BCUT2D eigenvalue weighted by atomic mass is 10.2. The molecule has 0 aliphatic carbocycles. The molecular formula is C22H24ClN5O2. The molecule has 8 heteroatoms. The van der Waals surface area contributed by atoms with Crippen LogP contribution in [0.1, 0.15) is 15.9 Å². The van der Waals surface area contributed by atoms with Crippen molar-refractivity contribution >= 4 is 23.2 Å². The lowest BCUT2D eigenvalue weighted by molar-refractivity contribution is 0.0999. The van der Waals surface area contributed by atoms with E-state index in [1.54, 1.807) is 18.3 Å². The van der Waals surface area contributed by atoms with Crippen LogP contribution < -0.4 is 21.1 Å². The van der Waals surface area contributed by atoms with E-state index < -0.39 is 5.91 Å². The molecule has 4 rings (SSSR count). The smallest absolute Gasteiger partial charge is 0.250 e. The summed E-state index contributed by atoms with van der Waals surface area (Å²) < 4.78 is 5.82. The molecule has 0 fully saturated rings. The van der Waals surface area contributed by atoms with E-state index in [0.717, 1.165) is 18.5 Å². The van der Waals surface area contributed by atoms with Crippen molar-refractivity contribution in [2.45, 2.75) is 12.5 Å². The number of pyridine rings is 2. The summed E-state index contributed by atoms with van der Waals surface area (Å²) in [7, 11) is 0. The van der Waals surface area contributed by atoms with E-state index >= 15 is 0 Å². The zero-order chi connectivity index (χ0) is 21.2. The Hall–Kier alpha value is -3.16. The molecule has 0 saturated heterocycles. The second kappa shape index (κ2) is 11.1. The number of primary amides is 1. The molecule has 0 saturated carbocycles. The highest BCUT2D eigenvalue weighted by Crippen LogP contribution is 2.26. The summed E-state index contributed by atoms with van der Waals surface area (Å²) in [4.78, 5) is 19.3. The normalized spacial score (nSPS) is 14.4. The molecule has 1 atom stereocenters. The Morgan fingerprint density at radius 3 is 2.53 bits per heavy atom. The van der Waals surface area contributed by atoms with E-state index in [0.29, 0.717) is 35.4 Å². The number of rotatable bonds is 6. The number of aromatic nitrogens is 2. The number of nitrogens with two attached hydrogens (primary N) is 1. The van der Waals surface area contributed by atoms with Crippen molar-refractivity contribution in [3.63, 3.8) is 0 Å². The third-order valence-electron chi connectivity index (χ3n) is 4.35. The highest BCUT2D eigenvalue weighted by Gasteiger charge is 2.21. The first-order valence-corrected chi connectivity index (χ1v) is 10.0. The maximum absolute atomic E-state index is 11.2. The van der Waals surface area contributed by atoms with Crippen molar-refractivity contribution in [2.75, 3.05) is 25.0 Å². The highest BCUT2D eigenvalue weighted by molar-refractivity contribution is 6.29. The Kier molecular flexibility index (Phi) is 8.00. The van der Waals surface area contributed by atoms with Crippen LogP contribution in [0.3, 0.4) is 0 Å². The van der Waals surface area contributed by atoms with Crippen LogP contribution in [0.4, 0.5) is 5.69 Å². The molecular weight excluding hydrogens is 402 g/mol. The number of nitrogens with zero attached hydrogens (tertiary/aromatic N) is 2. The summed E-state index contributed by atoms with van der Waals surface area (Å²) in [6, 6.07) is 17.4. The minimum atomic E-state index is -0.507. The predicted octanol–water partition coefficient (Wildman–Crippen LogP) is 2.92. The first kappa shape index (κ1) is 21.5. The fourth-order valence-corrected chi connectivity index (χ4v) is 2.89. The number of nitrogens with one attached hydrogen (secondary N) is 2. The summed E-state index contributed by atoms with van der Waals surface area (Å²) in [5.41, 5.74) is 7.42. The van der Waals surface area contributed by atoms with E-state index in [-0.39, 0.29) is 6.10 Å². The average molecular weight is 426 g/mol. The van der Waals surface area contributed by atoms with Crippen LogP contribution in [0, 0.1) is 0 Å². The second-order valence-electron chi connectivity index (χ2n) is 6.66. The van der Waals surface area contributed by atoms with Gasteiger partial charge in [0.05, 0.1) is 17.8 Å². The Balaban J connectivity index is 0.000000367. The summed E-state index contributed by atoms with van der Waals surface area (Å²) in [6.07, 6.45) is 4.03. The van der Waals surface area contributed by atoms with Crippen LogP contribution in [0.2, 0.25) is 5.15 Å². The van der Waals surface area contributed by atoms with Gasteiger partial charge in [0.1, 0.15) is 11.3 Å². The van der Waals surface area contributed by atoms with Crippen LogP contribution >= 0.6 is 11.6 Å². The number of carbonyl (C=O) groups is 1. The summed E-state index contributed by atoms with van der Waals surface area (Å²) >= 11 is 5.76. The van der Waals surface area contributed by atoms with Gasteiger partial charge in [-0.05, 0) is 30.7 Å². The Labute approximate surface area is 180 Å². The minimum absolute atomic E-state index is 0.0345. The molecule has 0 bridgehead atoms. The van der Waals surface area contributed by atoms with Gasteiger partial charge in [-0.25, -0.2) is 9.97 Å². The van der Waals surface area contributed by atoms with Crippen molar-refractivity contribution in [1.82, 2.24) is 15.3 Å². The fraction of sp³-hybridized carbons (Fsp3) is 0.227. The molecule has 3 aromatic rings. The Bertz CT molecular complexity index is 911. The van der Waals surface area contributed by atoms with Crippen molar-refractivity contribution in [2.24, 2.45) is 5.73 Å². The number of carbonyl (C=O) groups excluding carboxylic acids is 1. The monoisotopic (exact) mass is 425 g/mol. The topological polar surface area (TPSA) is 102 Å². The Morgan fingerprint density at radius 1 is 1.17 bits per heavy atom. The molecule has 0 radical (unpaired) electrons. The molecule has 2 aromatic heterocycles. The fourth-order valence-electron chi connectivity index (χ4n) is 2.78. The first-order chi connectivity index (χ1) is 14.6. The number of hydrogen-bond donors (Lipinski definition) is 3. The Morgan fingerprint density at radius 2 is 1.90 bits per heavy atom. The third kappa shape index (κ3) is 6.72. The van der Waals surface area contributed by atoms with Gasteiger partial charge in [0.15, 0.2) is 0 Å². The van der Waals surface area contributed by atoms with Crippen LogP contribution in [0.5, 0.6) is 5.88 Å². The highest BCUT2D eigenvalue weighted by atomic mass is 35.5. The van der Waals surface area contributed by atoms with Crippen molar-refractivity contribution in [3.8, 4) is 5.88 Å². The van der Waals surface area contributed by atoms with Gasteiger partial charge in [0, 0.05) is 18.9 Å². The van der Waals surface area contributed by atoms with Crippen molar-refractivity contribution in [3.05, 3.63) is 83.3 Å². The van der Waals surface area contributed by atoms with Crippen LogP contribution in [-0.2, 0) is 6.42 Å². The number of fused-ring (bicyclic) bond motifs is 1. The van der Waals surface area contributed by atoms with Crippen LogP contribution in [0.15, 0.2) is 67.0 Å². The van der Waals surface area contributed by atoms with E-state index in [1.165, 1.54) is 6.20 Å². The number of hydrogen-bond acceptors (Lipinski definition) is 6. The molecule has 1 aromatic carbocycles. The maximum atomic E-state index is 11.2. The molecule has 156 valence electrons. The summed E-state index contributed by atoms with van der Waals surface area (Å²) in [5.74, 6) is -0.0208. The number of amides is 1. The lowest BCUT2D eigenvalue weighted by Gasteiger charge is -2.26. The van der Waals surface area contributed by atoms with Gasteiger partial charge in [-0.1, -0.05) is 54.1 Å². The van der Waals surface area contributed by atoms with Gasteiger partial charge >= 0.3 is 0 Å². The van der Waals surface area contributed by atoms with Gasteiger partial charge in [-0.2, -0.15) is 0 Å². The standard InChI is InChI=1S/C16H18ClN5O2.C6H6/c17-14-2-1-10(6-21-14)3-4-19-8-12-9-20-13-5-11(15(18)23)7-22-16(13)24-12;1-2-4-6-5-3-1/h1-2,5-7,12,19-20H,3-4,8-9H2,(H2,18,23);1-6H. The first-order valence-electron chi connectivity index (χ1n) is 9.63. The molecule has 0 spiro atoms. The molecule has 3 heterocycles. The number of ether oxygens (including phenoxy) is 1. The van der Waals surface area contributed by atoms with Gasteiger partial charge in [0.2, 0.25) is 11.8 Å². The average Bonchev–Trinajstić information content (AvgIpc) is 2.79.